The van der Waals surface area contributed by atoms with Gasteiger partial charge in [0.15, 0.2) is 0 Å². The highest BCUT2D eigenvalue weighted by atomic mass is 16.6. The number of nitro benzene ring substituents is 1. The Kier molecular flexibility index (Phi) is 6.35. The number of carboxylic acid groups (broad SMARTS) is 1. The lowest BCUT2D eigenvalue weighted by Crippen LogP contribution is -2.45. The van der Waals surface area contributed by atoms with Gasteiger partial charge in [-0.05, 0) is 55.4 Å². The highest BCUT2D eigenvalue weighted by Gasteiger charge is 2.45. The molecule has 1 heterocycles. The molecular formula is C23H30N2O6. The maximum Gasteiger partial charge on any atom is 0.337 e. The number of benzene rings is 1. The van der Waals surface area contributed by atoms with Crippen LogP contribution in [0.1, 0.15) is 66.9 Å². The van der Waals surface area contributed by atoms with Gasteiger partial charge in [0.1, 0.15) is 5.60 Å². The summed E-state index contributed by atoms with van der Waals surface area (Å²) in [5.74, 6) is -3.09. The van der Waals surface area contributed by atoms with Gasteiger partial charge in [0, 0.05) is 28.6 Å². The first-order chi connectivity index (χ1) is 14.1. The van der Waals surface area contributed by atoms with Crippen molar-refractivity contribution < 1.29 is 24.4 Å². The summed E-state index contributed by atoms with van der Waals surface area (Å²) < 4.78 is 5.62. The van der Waals surface area contributed by atoms with Crippen molar-refractivity contribution in [3.05, 3.63) is 62.5 Å². The minimum atomic E-state index is -1.25. The molecule has 2 rings (SSSR count). The number of nitro groups is 1. The Morgan fingerprint density at radius 3 is 2.00 bits per heavy atom. The minimum Gasteiger partial charge on any atom is -0.478 e. The van der Waals surface area contributed by atoms with Crippen molar-refractivity contribution >= 4 is 17.6 Å². The second kappa shape index (κ2) is 8.17. The molecule has 1 N–H and O–H groups in total. The summed E-state index contributed by atoms with van der Waals surface area (Å²) in [6.45, 7) is 14.2. The average molecular weight is 431 g/mol. The van der Waals surface area contributed by atoms with Gasteiger partial charge in [-0.1, -0.05) is 18.2 Å². The van der Waals surface area contributed by atoms with Gasteiger partial charge in [-0.3, -0.25) is 10.1 Å². The summed E-state index contributed by atoms with van der Waals surface area (Å²) in [7, 11) is 0. The van der Waals surface area contributed by atoms with E-state index < -0.39 is 33.9 Å². The summed E-state index contributed by atoms with van der Waals surface area (Å²) in [4.78, 5) is 38.7. The lowest BCUT2D eigenvalue weighted by Gasteiger charge is -2.45. The zero-order chi connectivity index (χ0) is 23.9. The SMILES string of the molecule is CC1=C(C(=O)O)C(c2ccccc2[N+](=O)[O-])C(C(=O)OC(C)(C)C)=C(C)N1C(C)(C)C. The van der Waals surface area contributed by atoms with Crippen molar-refractivity contribution in [3.63, 3.8) is 0 Å². The Morgan fingerprint density at radius 2 is 1.55 bits per heavy atom. The molecule has 0 saturated heterocycles. The Hall–Kier alpha value is -3.16. The molecule has 8 nitrogen and oxygen atoms in total. The first kappa shape index (κ1) is 24.1. The monoisotopic (exact) mass is 430 g/mol. The van der Waals surface area contributed by atoms with E-state index >= 15 is 0 Å². The Bertz CT molecular complexity index is 992. The Balaban J connectivity index is 2.94. The minimum absolute atomic E-state index is 0.0853. The van der Waals surface area contributed by atoms with Crippen LogP contribution in [0.5, 0.6) is 0 Å². The fourth-order valence-electron chi connectivity index (χ4n) is 4.15. The van der Waals surface area contributed by atoms with Crippen molar-refractivity contribution in [3.8, 4) is 0 Å². The lowest BCUT2D eigenvalue weighted by molar-refractivity contribution is -0.385. The van der Waals surface area contributed by atoms with Crippen molar-refractivity contribution in [2.45, 2.75) is 72.4 Å². The van der Waals surface area contributed by atoms with E-state index in [0.717, 1.165) is 0 Å². The number of esters is 1. The van der Waals surface area contributed by atoms with Gasteiger partial charge in [-0.15, -0.1) is 0 Å². The molecule has 1 aromatic carbocycles. The Labute approximate surface area is 182 Å². The number of hydrogen-bond acceptors (Lipinski definition) is 6. The molecule has 1 unspecified atom stereocenters. The van der Waals surface area contributed by atoms with Crippen LogP contribution in [0.4, 0.5) is 5.69 Å². The van der Waals surface area contributed by atoms with Crippen LogP contribution in [0, 0.1) is 10.1 Å². The molecule has 1 aliphatic heterocycles. The van der Waals surface area contributed by atoms with Crippen LogP contribution in [0.25, 0.3) is 0 Å². The normalized spacial score (nSPS) is 17.7. The molecule has 31 heavy (non-hydrogen) atoms. The fourth-order valence-corrected chi connectivity index (χ4v) is 4.15. The number of hydrogen-bond donors (Lipinski definition) is 1. The summed E-state index contributed by atoms with van der Waals surface area (Å²) in [5.41, 5.74) is -0.562. The summed E-state index contributed by atoms with van der Waals surface area (Å²) in [5, 5.41) is 21.9. The quantitative estimate of drug-likeness (QED) is 0.416. The number of carboxylic acids is 1. The second-order valence-electron chi connectivity index (χ2n) is 9.56. The van der Waals surface area contributed by atoms with Gasteiger partial charge in [0.25, 0.3) is 5.69 Å². The predicted molar refractivity (Wildman–Crippen MR) is 116 cm³/mol. The average Bonchev–Trinajstić information content (AvgIpc) is 2.57. The van der Waals surface area contributed by atoms with Crippen LogP contribution in [0.15, 0.2) is 46.8 Å². The fraction of sp³-hybridized carbons (Fsp3) is 0.478. The van der Waals surface area contributed by atoms with E-state index in [0.29, 0.717) is 11.4 Å². The molecule has 0 aliphatic carbocycles. The van der Waals surface area contributed by atoms with Crippen LogP contribution in [-0.4, -0.2) is 38.0 Å². The van der Waals surface area contributed by atoms with Crippen molar-refractivity contribution in [1.82, 2.24) is 4.90 Å². The molecule has 0 saturated carbocycles. The molecule has 0 bridgehead atoms. The maximum absolute atomic E-state index is 13.3. The molecular weight excluding hydrogens is 400 g/mol. The largest absolute Gasteiger partial charge is 0.478 e. The summed E-state index contributed by atoms with van der Waals surface area (Å²) >= 11 is 0. The van der Waals surface area contributed by atoms with Crippen LogP contribution in [-0.2, 0) is 14.3 Å². The molecule has 1 aromatic rings. The molecule has 1 atom stereocenters. The van der Waals surface area contributed by atoms with E-state index in [2.05, 4.69) is 0 Å². The first-order valence-corrected chi connectivity index (χ1v) is 9.99. The Morgan fingerprint density at radius 1 is 1.03 bits per heavy atom. The smallest absolute Gasteiger partial charge is 0.337 e. The van der Waals surface area contributed by atoms with Crippen LogP contribution < -0.4 is 0 Å². The molecule has 0 spiro atoms. The number of carbonyl (C=O) groups excluding carboxylic acids is 1. The summed E-state index contributed by atoms with van der Waals surface area (Å²) in [6.07, 6.45) is 0. The zero-order valence-corrected chi connectivity index (χ0v) is 19.3. The second-order valence-corrected chi connectivity index (χ2v) is 9.56. The van der Waals surface area contributed by atoms with E-state index in [9.17, 15) is 24.8 Å². The molecule has 0 amide bonds. The van der Waals surface area contributed by atoms with Gasteiger partial charge >= 0.3 is 11.9 Å². The van der Waals surface area contributed by atoms with Gasteiger partial charge in [0.05, 0.1) is 22.0 Å². The van der Waals surface area contributed by atoms with E-state index in [1.165, 1.54) is 18.2 Å². The third-order valence-corrected chi connectivity index (χ3v) is 4.99. The van der Waals surface area contributed by atoms with Crippen molar-refractivity contribution in [2.75, 3.05) is 0 Å². The molecule has 8 heteroatoms. The zero-order valence-electron chi connectivity index (χ0n) is 19.3. The van der Waals surface area contributed by atoms with Crippen molar-refractivity contribution in [2.24, 2.45) is 0 Å². The maximum atomic E-state index is 13.3. The number of ether oxygens (including phenoxy) is 1. The predicted octanol–water partition coefficient (Wildman–Crippen LogP) is 4.77. The molecule has 1 aliphatic rings. The third kappa shape index (κ3) is 4.78. The number of rotatable bonds is 4. The standard InChI is InChI=1S/C23H30N2O6/c1-13-17(20(26)27)19(15-11-9-10-12-16(15)25(29)30)18(21(28)31-23(6,7)8)14(2)24(13)22(3,4)5/h9-12,19H,1-8H3,(H,26,27). The molecule has 0 radical (unpaired) electrons. The van der Waals surface area contributed by atoms with E-state index in [-0.39, 0.29) is 22.4 Å². The lowest BCUT2D eigenvalue weighted by atomic mass is 9.78. The number of para-hydroxylation sites is 1. The van der Waals surface area contributed by atoms with Crippen LogP contribution in [0.3, 0.4) is 0 Å². The van der Waals surface area contributed by atoms with Gasteiger partial charge in [-0.2, -0.15) is 0 Å². The number of aliphatic carboxylic acids is 1. The number of nitrogens with zero attached hydrogens (tertiary/aromatic N) is 2. The highest BCUT2D eigenvalue weighted by molar-refractivity contribution is 5.99. The topological polar surface area (TPSA) is 110 Å². The first-order valence-electron chi connectivity index (χ1n) is 9.99. The summed E-state index contributed by atoms with van der Waals surface area (Å²) in [6, 6.07) is 5.90. The van der Waals surface area contributed by atoms with Gasteiger partial charge in [-0.25, -0.2) is 9.59 Å². The van der Waals surface area contributed by atoms with E-state index in [1.54, 1.807) is 45.6 Å². The van der Waals surface area contributed by atoms with Gasteiger partial charge in [0.2, 0.25) is 0 Å². The van der Waals surface area contributed by atoms with E-state index in [1.807, 2.05) is 20.8 Å². The third-order valence-electron chi connectivity index (χ3n) is 4.99. The number of allylic oxidation sites excluding steroid dienone is 2. The van der Waals surface area contributed by atoms with Crippen LogP contribution in [0.2, 0.25) is 0 Å². The highest BCUT2D eigenvalue weighted by Crippen LogP contribution is 2.47. The number of carbonyl (C=O) groups is 2. The molecule has 168 valence electrons. The molecule has 0 fully saturated rings. The van der Waals surface area contributed by atoms with Crippen molar-refractivity contribution in [1.29, 1.82) is 0 Å². The van der Waals surface area contributed by atoms with Gasteiger partial charge < -0.3 is 14.7 Å². The molecule has 0 aromatic heterocycles. The van der Waals surface area contributed by atoms with Crippen LogP contribution >= 0.6 is 0 Å². The van der Waals surface area contributed by atoms with E-state index in [4.69, 9.17) is 4.74 Å².